The van der Waals surface area contributed by atoms with E-state index in [1.165, 1.54) is 9.87 Å². The van der Waals surface area contributed by atoms with Gasteiger partial charge in [-0.1, -0.05) is 22.0 Å². The summed E-state index contributed by atoms with van der Waals surface area (Å²) in [5, 5.41) is 0. The zero-order valence-electron chi connectivity index (χ0n) is 11.3. The summed E-state index contributed by atoms with van der Waals surface area (Å²) in [6.07, 6.45) is 0.714. The number of benzene rings is 2. The van der Waals surface area contributed by atoms with Gasteiger partial charge in [0.15, 0.2) is 0 Å². The standard InChI is InChI=1S/C15H15BrN2O2S/c16-13-2-5-15(6-3-13)21(19,20)18-8-7-11-1-4-14(17)9-12(11)10-18/h1-6,9H,7-8,10,17H2. The third-order valence-electron chi connectivity index (χ3n) is 3.66. The minimum atomic E-state index is -3.46. The van der Waals surface area contributed by atoms with Crippen LogP contribution in [0.5, 0.6) is 0 Å². The van der Waals surface area contributed by atoms with Gasteiger partial charge >= 0.3 is 0 Å². The van der Waals surface area contributed by atoms with Crippen molar-refractivity contribution in [3.05, 3.63) is 58.1 Å². The topological polar surface area (TPSA) is 63.4 Å². The lowest BCUT2D eigenvalue weighted by Gasteiger charge is -2.28. The smallest absolute Gasteiger partial charge is 0.243 e. The predicted molar refractivity (Wildman–Crippen MR) is 86.3 cm³/mol. The van der Waals surface area contributed by atoms with Gasteiger partial charge in [0.2, 0.25) is 10.0 Å². The minimum Gasteiger partial charge on any atom is -0.399 e. The van der Waals surface area contributed by atoms with Crippen LogP contribution in [0, 0.1) is 0 Å². The molecule has 0 bridgehead atoms. The van der Waals surface area contributed by atoms with E-state index in [1.807, 2.05) is 18.2 Å². The van der Waals surface area contributed by atoms with Crippen LogP contribution in [0.4, 0.5) is 5.69 Å². The quantitative estimate of drug-likeness (QED) is 0.831. The van der Waals surface area contributed by atoms with Gasteiger partial charge in [-0.2, -0.15) is 4.31 Å². The molecule has 0 spiro atoms. The number of rotatable bonds is 2. The third-order valence-corrected chi connectivity index (χ3v) is 6.05. The number of nitrogen functional groups attached to an aromatic ring is 1. The second kappa shape index (κ2) is 5.44. The number of hydrogen-bond acceptors (Lipinski definition) is 3. The molecule has 0 saturated carbocycles. The van der Waals surface area contributed by atoms with Crippen LogP contribution in [0.2, 0.25) is 0 Å². The summed E-state index contributed by atoms with van der Waals surface area (Å²) in [6, 6.07) is 12.4. The molecule has 0 aliphatic carbocycles. The highest BCUT2D eigenvalue weighted by atomic mass is 79.9. The van der Waals surface area contributed by atoms with Crippen molar-refractivity contribution in [2.24, 2.45) is 0 Å². The maximum Gasteiger partial charge on any atom is 0.243 e. The third kappa shape index (κ3) is 2.84. The Morgan fingerprint density at radius 1 is 1.05 bits per heavy atom. The van der Waals surface area contributed by atoms with Crippen molar-refractivity contribution < 1.29 is 8.42 Å². The van der Waals surface area contributed by atoms with E-state index in [-0.39, 0.29) is 0 Å². The highest BCUT2D eigenvalue weighted by Crippen LogP contribution is 2.26. The van der Waals surface area contributed by atoms with Crippen LogP contribution in [0.1, 0.15) is 11.1 Å². The summed E-state index contributed by atoms with van der Waals surface area (Å²) < 4.78 is 27.7. The van der Waals surface area contributed by atoms with E-state index < -0.39 is 10.0 Å². The van der Waals surface area contributed by atoms with Crippen LogP contribution in [0.25, 0.3) is 0 Å². The molecule has 2 N–H and O–H groups in total. The van der Waals surface area contributed by atoms with Crippen LogP contribution in [-0.2, 0) is 23.0 Å². The Balaban J connectivity index is 1.93. The second-order valence-electron chi connectivity index (χ2n) is 5.07. The van der Waals surface area contributed by atoms with Crippen LogP contribution < -0.4 is 5.73 Å². The van der Waals surface area contributed by atoms with E-state index in [0.717, 1.165) is 10.0 Å². The van der Waals surface area contributed by atoms with Crippen molar-refractivity contribution in [3.63, 3.8) is 0 Å². The van der Waals surface area contributed by atoms with Crippen molar-refractivity contribution >= 4 is 31.6 Å². The number of anilines is 1. The van der Waals surface area contributed by atoms with E-state index in [2.05, 4.69) is 15.9 Å². The lowest BCUT2D eigenvalue weighted by Crippen LogP contribution is -2.36. The number of nitrogens with two attached hydrogens (primary N) is 1. The number of nitrogens with zero attached hydrogens (tertiary/aromatic N) is 1. The molecule has 6 heteroatoms. The van der Waals surface area contributed by atoms with E-state index in [9.17, 15) is 8.42 Å². The molecule has 1 aliphatic rings. The van der Waals surface area contributed by atoms with Crippen LogP contribution in [0.3, 0.4) is 0 Å². The van der Waals surface area contributed by atoms with Gasteiger partial charge < -0.3 is 5.73 Å². The molecular formula is C15H15BrN2O2S. The molecule has 0 amide bonds. The van der Waals surface area contributed by atoms with Crippen molar-refractivity contribution in [1.29, 1.82) is 0 Å². The monoisotopic (exact) mass is 366 g/mol. The Kier molecular flexibility index (Phi) is 3.77. The highest BCUT2D eigenvalue weighted by molar-refractivity contribution is 9.10. The van der Waals surface area contributed by atoms with Gasteiger partial charge in [0.1, 0.15) is 0 Å². The molecule has 0 atom stereocenters. The summed E-state index contributed by atoms with van der Waals surface area (Å²) in [7, 11) is -3.46. The minimum absolute atomic E-state index is 0.318. The first-order chi connectivity index (χ1) is 9.96. The van der Waals surface area contributed by atoms with E-state index in [1.54, 1.807) is 24.3 Å². The molecule has 4 nitrogen and oxygen atoms in total. The van der Waals surface area contributed by atoms with Gasteiger partial charge in [0.05, 0.1) is 4.90 Å². The highest BCUT2D eigenvalue weighted by Gasteiger charge is 2.28. The van der Waals surface area contributed by atoms with Crippen molar-refractivity contribution in [1.82, 2.24) is 4.31 Å². The van der Waals surface area contributed by atoms with Crippen LogP contribution >= 0.6 is 15.9 Å². The number of fused-ring (bicyclic) bond motifs is 1. The Morgan fingerprint density at radius 2 is 1.76 bits per heavy atom. The molecule has 0 fully saturated rings. The molecule has 2 aromatic carbocycles. The normalized spacial score (nSPS) is 15.7. The fourth-order valence-corrected chi connectivity index (χ4v) is 4.20. The molecule has 21 heavy (non-hydrogen) atoms. The molecule has 3 rings (SSSR count). The molecule has 110 valence electrons. The van der Waals surface area contributed by atoms with Crippen molar-refractivity contribution in [3.8, 4) is 0 Å². The largest absolute Gasteiger partial charge is 0.399 e. The summed E-state index contributed by atoms with van der Waals surface area (Å²) in [6.45, 7) is 0.869. The zero-order chi connectivity index (χ0) is 15.0. The molecule has 1 aliphatic heterocycles. The zero-order valence-corrected chi connectivity index (χ0v) is 13.7. The molecule has 0 saturated heterocycles. The van der Waals surface area contributed by atoms with Gasteiger partial charge in [-0.15, -0.1) is 0 Å². The van der Waals surface area contributed by atoms with E-state index in [0.29, 0.717) is 30.1 Å². The Morgan fingerprint density at radius 3 is 2.48 bits per heavy atom. The Labute approximate surface area is 132 Å². The van der Waals surface area contributed by atoms with Gasteiger partial charge in [-0.25, -0.2) is 8.42 Å². The maximum atomic E-state index is 12.7. The Bertz CT molecular complexity index is 773. The average Bonchev–Trinajstić information content (AvgIpc) is 2.47. The molecule has 2 aromatic rings. The predicted octanol–water partition coefficient (Wildman–Crippen LogP) is 2.78. The number of hydrogen-bond donors (Lipinski definition) is 1. The molecular weight excluding hydrogens is 352 g/mol. The Hall–Kier alpha value is -1.37. The maximum absolute atomic E-state index is 12.7. The number of halogens is 1. The van der Waals surface area contributed by atoms with Crippen LogP contribution in [-0.4, -0.2) is 19.3 Å². The molecule has 0 radical (unpaired) electrons. The number of sulfonamides is 1. The fraction of sp³-hybridized carbons (Fsp3) is 0.200. The van der Waals surface area contributed by atoms with Crippen LogP contribution in [0.15, 0.2) is 51.8 Å². The summed E-state index contributed by atoms with van der Waals surface area (Å²) >= 11 is 3.32. The lowest BCUT2D eigenvalue weighted by molar-refractivity contribution is 0.391. The molecule has 0 aromatic heterocycles. The van der Waals surface area contributed by atoms with Gasteiger partial charge in [0.25, 0.3) is 0 Å². The van der Waals surface area contributed by atoms with E-state index in [4.69, 9.17) is 5.73 Å². The van der Waals surface area contributed by atoms with Crippen molar-refractivity contribution in [2.75, 3.05) is 12.3 Å². The fourth-order valence-electron chi connectivity index (χ4n) is 2.51. The summed E-state index contributed by atoms with van der Waals surface area (Å²) in [4.78, 5) is 0.318. The van der Waals surface area contributed by atoms with Gasteiger partial charge in [-0.05, 0) is 53.9 Å². The first-order valence-corrected chi connectivity index (χ1v) is 8.83. The molecule has 0 unspecified atom stereocenters. The van der Waals surface area contributed by atoms with Gasteiger partial charge in [0, 0.05) is 23.2 Å². The van der Waals surface area contributed by atoms with Crippen molar-refractivity contribution in [2.45, 2.75) is 17.9 Å². The van der Waals surface area contributed by atoms with E-state index >= 15 is 0 Å². The first-order valence-electron chi connectivity index (χ1n) is 6.60. The summed E-state index contributed by atoms with van der Waals surface area (Å²) in [5.74, 6) is 0. The second-order valence-corrected chi connectivity index (χ2v) is 7.92. The summed E-state index contributed by atoms with van der Waals surface area (Å²) in [5.41, 5.74) is 8.62. The first kappa shape index (κ1) is 14.6. The average molecular weight is 367 g/mol. The van der Waals surface area contributed by atoms with Gasteiger partial charge in [-0.3, -0.25) is 0 Å². The lowest BCUT2D eigenvalue weighted by atomic mass is 10.0. The molecule has 1 heterocycles. The SMILES string of the molecule is Nc1ccc2c(c1)CN(S(=O)(=O)c1ccc(Br)cc1)CC2.